The van der Waals surface area contributed by atoms with Gasteiger partial charge in [-0.25, -0.2) is 13.1 Å². The molecule has 0 unspecified atom stereocenters. The molecule has 9 heteroatoms. The van der Waals surface area contributed by atoms with Crippen LogP contribution in [0.1, 0.15) is 31.2 Å². The van der Waals surface area contributed by atoms with E-state index in [0.717, 1.165) is 37.8 Å². The molecule has 2 aromatic rings. The van der Waals surface area contributed by atoms with E-state index in [2.05, 4.69) is 10.0 Å². The smallest absolute Gasteiger partial charge is 0.269 e. The summed E-state index contributed by atoms with van der Waals surface area (Å²) in [6.07, 6.45) is 4.74. The zero-order valence-electron chi connectivity index (χ0n) is 17.0. The van der Waals surface area contributed by atoms with E-state index in [1.54, 1.807) is 0 Å². The molecule has 2 aromatic carbocycles. The van der Waals surface area contributed by atoms with Crippen LogP contribution >= 0.6 is 0 Å². The van der Waals surface area contributed by atoms with E-state index in [1.807, 2.05) is 30.3 Å². The van der Waals surface area contributed by atoms with Crippen LogP contribution in [-0.2, 0) is 16.4 Å². The molecule has 0 amide bonds. The Labute approximate surface area is 178 Å². The zero-order chi connectivity index (χ0) is 21.8. The second-order valence-electron chi connectivity index (χ2n) is 7.17. The van der Waals surface area contributed by atoms with E-state index in [4.69, 9.17) is 5.73 Å². The maximum absolute atomic E-state index is 12.8. The topological polar surface area (TPSA) is 127 Å². The molecular weight excluding hydrogens is 404 g/mol. The Kier molecular flexibility index (Phi) is 9.88. The molecule has 0 saturated carbocycles. The largest absolute Gasteiger partial charge is 0.330 e. The van der Waals surface area contributed by atoms with Crippen LogP contribution in [0.25, 0.3) is 0 Å². The number of non-ortho nitro benzene ring substituents is 1. The highest BCUT2D eigenvalue weighted by atomic mass is 32.2. The third-order valence-electron chi connectivity index (χ3n) is 4.70. The maximum Gasteiger partial charge on any atom is 0.269 e. The van der Waals surface area contributed by atoms with Crippen molar-refractivity contribution in [2.24, 2.45) is 5.73 Å². The van der Waals surface area contributed by atoms with Crippen LogP contribution in [0.2, 0.25) is 0 Å². The van der Waals surface area contributed by atoms with Gasteiger partial charge in [0.2, 0.25) is 10.0 Å². The summed E-state index contributed by atoms with van der Waals surface area (Å²) in [5.74, 6) is 0. The number of nitro benzene ring substituents is 1. The Hall–Kier alpha value is -2.33. The van der Waals surface area contributed by atoms with E-state index >= 15 is 0 Å². The van der Waals surface area contributed by atoms with Gasteiger partial charge < -0.3 is 11.1 Å². The highest BCUT2D eigenvalue weighted by Gasteiger charge is 2.21. The second kappa shape index (κ2) is 12.4. The molecule has 30 heavy (non-hydrogen) atoms. The number of nitro groups is 1. The van der Waals surface area contributed by atoms with Gasteiger partial charge in [0.25, 0.3) is 5.69 Å². The number of nitrogens with zero attached hydrogens (tertiary/aromatic N) is 1. The predicted molar refractivity (Wildman–Crippen MR) is 118 cm³/mol. The van der Waals surface area contributed by atoms with Gasteiger partial charge in [-0.2, -0.15) is 0 Å². The molecule has 2 rings (SSSR count). The minimum atomic E-state index is -3.80. The van der Waals surface area contributed by atoms with Crippen molar-refractivity contribution in [3.05, 3.63) is 70.3 Å². The summed E-state index contributed by atoms with van der Waals surface area (Å²) < 4.78 is 28.3. The van der Waals surface area contributed by atoms with Gasteiger partial charge in [-0.3, -0.25) is 10.1 Å². The molecule has 0 aliphatic heterocycles. The Morgan fingerprint density at radius 3 is 2.27 bits per heavy atom. The summed E-state index contributed by atoms with van der Waals surface area (Å²) >= 11 is 0. The Balaban J connectivity index is 2.00. The third-order valence-corrected chi connectivity index (χ3v) is 6.24. The predicted octanol–water partition coefficient (Wildman–Crippen LogP) is 2.59. The number of hydrogen-bond acceptors (Lipinski definition) is 6. The number of benzene rings is 2. The Bertz CT molecular complexity index is 874. The number of nitrogens with two attached hydrogens (primary N) is 1. The fourth-order valence-electron chi connectivity index (χ4n) is 3.11. The molecule has 164 valence electrons. The fraction of sp³-hybridized carbons (Fsp3) is 0.429. The molecule has 0 bridgehead atoms. The lowest BCUT2D eigenvalue weighted by Crippen LogP contribution is -2.43. The first kappa shape index (κ1) is 23.9. The molecule has 0 saturated heterocycles. The molecule has 0 aliphatic carbocycles. The summed E-state index contributed by atoms with van der Waals surface area (Å²) in [6.45, 7) is 1.99. The lowest BCUT2D eigenvalue weighted by Gasteiger charge is -2.20. The summed E-state index contributed by atoms with van der Waals surface area (Å²) in [4.78, 5) is 10.2. The molecule has 0 aliphatic rings. The molecule has 0 fully saturated rings. The van der Waals surface area contributed by atoms with E-state index in [-0.39, 0.29) is 16.6 Å². The van der Waals surface area contributed by atoms with Gasteiger partial charge in [0.1, 0.15) is 0 Å². The third kappa shape index (κ3) is 8.19. The lowest BCUT2D eigenvalue weighted by atomic mass is 10.1. The molecule has 1 atom stereocenters. The minimum absolute atomic E-state index is 0.00736. The van der Waals surface area contributed by atoms with Gasteiger partial charge in [-0.05, 0) is 50.0 Å². The van der Waals surface area contributed by atoms with Crippen molar-refractivity contribution in [3.63, 3.8) is 0 Å². The van der Waals surface area contributed by atoms with Crippen LogP contribution in [0.15, 0.2) is 59.5 Å². The highest BCUT2D eigenvalue weighted by molar-refractivity contribution is 7.89. The minimum Gasteiger partial charge on any atom is -0.330 e. The summed E-state index contributed by atoms with van der Waals surface area (Å²) in [6, 6.07) is 14.2. The van der Waals surface area contributed by atoms with Gasteiger partial charge in [-0.15, -0.1) is 0 Å². The fourth-order valence-corrected chi connectivity index (χ4v) is 4.35. The van der Waals surface area contributed by atoms with Crippen LogP contribution in [0.3, 0.4) is 0 Å². The van der Waals surface area contributed by atoms with E-state index in [9.17, 15) is 18.5 Å². The molecule has 0 spiro atoms. The zero-order valence-corrected chi connectivity index (χ0v) is 17.8. The van der Waals surface area contributed by atoms with Crippen molar-refractivity contribution in [2.75, 3.05) is 19.6 Å². The monoisotopic (exact) mass is 434 g/mol. The van der Waals surface area contributed by atoms with Crippen LogP contribution < -0.4 is 15.8 Å². The van der Waals surface area contributed by atoms with Crippen LogP contribution in [0.4, 0.5) is 5.69 Å². The summed E-state index contributed by atoms with van der Waals surface area (Å²) in [7, 11) is -3.80. The van der Waals surface area contributed by atoms with Crippen LogP contribution in [0, 0.1) is 10.1 Å². The van der Waals surface area contributed by atoms with Crippen molar-refractivity contribution >= 4 is 15.7 Å². The standard InChI is InChI=1S/C21H30N4O4S/c22-14-6-1-2-7-15-23-17-19(16-18-8-4-3-5-9-18)24-30(28,29)21-12-10-20(11-13-21)25(26)27/h3-5,8-13,19,23-24H,1-2,6-7,14-17,22H2/t19-/m0/s1. The average Bonchev–Trinajstić information content (AvgIpc) is 2.73. The van der Waals surface area contributed by atoms with E-state index < -0.39 is 14.9 Å². The maximum atomic E-state index is 12.8. The van der Waals surface area contributed by atoms with Gasteiger partial charge in [0.15, 0.2) is 0 Å². The van der Waals surface area contributed by atoms with Gasteiger partial charge >= 0.3 is 0 Å². The Morgan fingerprint density at radius 1 is 0.967 bits per heavy atom. The molecule has 4 N–H and O–H groups in total. The quantitative estimate of drug-likeness (QED) is 0.238. The van der Waals surface area contributed by atoms with Crippen molar-refractivity contribution < 1.29 is 13.3 Å². The SMILES string of the molecule is NCCCCCCNC[C@H](Cc1ccccc1)NS(=O)(=O)c1ccc([N+](=O)[O-])cc1. The Morgan fingerprint density at radius 2 is 1.63 bits per heavy atom. The van der Waals surface area contributed by atoms with E-state index in [1.165, 1.54) is 24.3 Å². The number of nitrogens with one attached hydrogen (secondary N) is 2. The van der Waals surface area contributed by atoms with Crippen molar-refractivity contribution in [1.82, 2.24) is 10.0 Å². The molecule has 0 aromatic heterocycles. The van der Waals surface area contributed by atoms with Crippen molar-refractivity contribution in [1.29, 1.82) is 0 Å². The molecule has 0 radical (unpaired) electrons. The number of hydrogen-bond donors (Lipinski definition) is 3. The normalized spacial score (nSPS) is 12.6. The number of rotatable bonds is 14. The molecule has 8 nitrogen and oxygen atoms in total. The summed E-state index contributed by atoms with van der Waals surface area (Å²) in [5, 5.41) is 14.1. The number of sulfonamides is 1. The summed E-state index contributed by atoms with van der Waals surface area (Å²) in [5.41, 5.74) is 6.38. The average molecular weight is 435 g/mol. The van der Waals surface area contributed by atoms with Crippen molar-refractivity contribution in [2.45, 2.75) is 43.0 Å². The van der Waals surface area contributed by atoms with Gasteiger partial charge in [0.05, 0.1) is 9.82 Å². The lowest BCUT2D eigenvalue weighted by molar-refractivity contribution is -0.384. The molecular formula is C21H30N4O4S. The first-order valence-electron chi connectivity index (χ1n) is 10.1. The van der Waals surface area contributed by atoms with Crippen LogP contribution in [0.5, 0.6) is 0 Å². The van der Waals surface area contributed by atoms with Crippen molar-refractivity contribution in [3.8, 4) is 0 Å². The van der Waals surface area contributed by atoms with Crippen LogP contribution in [-0.4, -0.2) is 39.0 Å². The first-order chi connectivity index (χ1) is 14.4. The molecule has 0 heterocycles. The van der Waals surface area contributed by atoms with Gasteiger partial charge in [-0.1, -0.05) is 43.2 Å². The van der Waals surface area contributed by atoms with Gasteiger partial charge in [0, 0.05) is 24.7 Å². The second-order valence-corrected chi connectivity index (χ2v) is 8.88. The highest BCUT2D eigenvalue weighted by Crippen LogP contribution is 2.16. The number of unbranched alkanes of at least 4 members (excludes halogenated alkanes) is 3. The first-order valence-corrected chi connectivity index (χ1v) is 11.6. The van der Waals surface area contributed by atoms with E-state index in [0.29, 0.717) is 19.5 Å².